The predicted octanol–water partition coefficient (Wildman–Crippen LogP) is 3.45. The molecule has 1 aromatic heterocycles. The van der Waals surface area contributed by atoms with Crippen LogP contribution in [0.25, 0.3) is 0 Å². The van der Waals surface area contributed by atoms with Gasteiger partial charge in [-0.25, -0.2) is 4.98 Å². The fourth-order valence-corrected chi connectivity index (χ4v) is 3.20. The molecule has 1 aliphatic rings. The summed E-state index contributed by atoms with van der Waals surface area (Å²) < 4.78 is 43.7. The Morgan fingerprint density at radius 3 is 2.77 bits per heavy atom. The van der Waals surface area contributed by atoms with E-state index in [1.807, 2.05) is 13.8 Å². The van der Waals surface area contributed by atoms with Crippen LogP contribution in [0.5, 0.6) is 0 Å². The van der Waals surface area contributed by atoms with Gasteiger partial charge in [0.1, 0.15) is 11.4 Å². The van der Waals surface area contributed by atoms with Gasteiger partial charge in [-0.2, -0.15) is 13.2 Å². The molecule has 8 heteroatoms. The van der Waals surface area contributed by atoms with Gasteiger partial charge in [0.15, 0.2) is 0 Å². The number of thiazole rings is 1. The van der Waals surface area contributed by atoms with Crippen molar-refractivity contribution in [1.82, 2.24) is 9.88 Å². The van der Waals surface area contributed by atoms with Crippen LogP contribution in [0, 0.1) is 0 Å². The number of aromatic nitrogens is 1. The summed E-state index contributed by atoms with van der Waals surface area (Å²) in [4.78, 5) is 17.8. The molecule has 0 aliphatic carbocycles. The first-order chi connectivity index (χ1) is 10.3. The molecule has 1 amide bonds. The van der Waals surface area contributed by atoms with Crippen molar-refractivity contribution in [3.05, 3.63) is 16.1 Å². The summed E-state index contributed by atoms with van der Waals surface area (Å²) in [6.45, 7) is 3.28. The molecule has 1 saturated heterocycles. The lowest BCUT2D eigenvalue weighted by molar-refractivity contribution is -0.148. The second-order valence-corrected chi connectivity index (χ2v) is 6.70. The van der Waals surface area contributed by atoms with Crippen LogP contribution in [-0.4, -0.2) is 47.8 Å². The number of halogens is 3. The molecule has 0 unspecified atom stereocenters. The minimum absolute atomic E-state index is 0.139. The number of ether oxygens (including phenoxy) is 1. The molecule has 2 rings (SSSR count). The van der Waals surface area contributed by atoms with Crippen LogP contribution in [0.1, 0.15) is 47.3 Å². The Bertz CT molecular complexity index is 510. The number of alkyl halides is 3. The molecule has 124 valence electrons. The standard InChI is InChI=1S/C14H19F3N2O2S/c1-9(2)12-18-6-11(22-12)13(20)19(8-14(15,16)17)10-4-3-5-21-7-10/h6,9-10H,3-5,7-8H2,1-2H3/t10-/m0/s1. The summed E-state index contributed by atoms with van der Waals surface area (Å²) in [6.07, 6.45) is -1.88. The fourth-order valence-electron chi connectivity index (χ4n) is 2.32. The topological polar surface area (TPSA) is 42.4 Å². The molecule has 1 fully saturated rings. The van der Waals surface area contributed by atoms with Crippen LogP contribution in [0.3, 0.4) is 0 Å². The third-order valence-electron chi connectivity index (χ3n) is 3.42. The highest BCUT2D eigenvalue weighted by molar-refractivity contribution is 7.13. The molecule has 0 saturated carbocycles. The Morgan fingerprint density at radius 2 is 2.27 bits per heavy atom. The van der Waals surface area contributed by atoms with E-state index in [-0.39, 0.29) is 17.4 Å². The molecule has 0 N–H and O–H groups in total. The maximum Gasteiger partial charge on any atom is 0.406 e. The van der Waals surface area contributed by atoms with Gasteiger partial charge in [0, 0.05) is 12.5 Å². The average Bonchev–Trinajstić information content (AvgIpc) is 2.94. The average molecular weight is 336 g/mol. The first-order valence-electron chi connectivity index (χ1n) is 7.19. The zero-order valence-electron chi connectivity index (χ0n) is 12.5. The van der Waals surface area contributed by atoms with Crippen LogP contribution in [0.2, 0.25) is 0 Å². The lowest BCUT2D eigenvalue weighted by Gasteiger charge is -2.34. The largest absolute Gasteiger partial charge is 0.406 e. The van der Waals surface area contributed by atoms with E-state index in [0.717, 1.165) is 21.2 Å². The Hall–Kier alpha value is -1.15. The summed E-state index contributed by atoms with van der Waals surface area (Å²) in [5, 5.41) is 0.746. The SMILES string of the molecule is CC(C)c1ncc(C(=O)N(CC(F)(F)F)[C@H]2CCCOC2)s1. The third-order valence-corrected chi connectivity index (χ3v) is 4.70. The van der Waals surface area contributed by atoms with Gasteiger partial charge in [-0.3, -0.25) is 4.79 Å². The zero-order valence-corrected chi connectivity index (χ0v) is 13.3. The van der Waals surface area contributed by atoms with Crippen LogP contribution in [-0.2, 0) is 4.74 Å². The van der Waals surface area contributed by atoms with E-state index in [1.54, 1.807) is 0 Å². The summed E-state index contributed by atoms with van der Waals surface area (Å²) in [5.41, 5.74) is 0. The molecule has 4 nitrogen and oxygen atoms in total. The molecule has 0 aromatic carbocycles. The quantitative estimate of drug-likeness (QED) is 0.846. The lowest BCUT2D eigenvalue weighted by Crippen LogP contribution is -2.48. The van der Waals surface area contributed by atoms with Crippen molar-refractivity contribution >= 4 is 17.2 Å². The Labute approximate surface area is 131 Å². The van der Waals surface area contributed by atoms with E-state index in [0.29, 0.717) is 19.4 Å². The highest BCUT2D eigenvalue weighted by atomic mass is 32.1. The molecule has 0 bridgehead atoms. The molecule has 0 radical (unpaired) electrons. The maximum atomic E-state index is 12.8. The number of hydrogen-bond donors (Lipinski definition) is 0. The monoisotopic (exact) mass is 336 g/mol. The number of amides is 1. The lowest BCUT2D eigenvalue weighted by atomic mass is 10.1. The van der Waals surface area contributed by atoms with Crippen molar-refractivity contribution in [2.75, 3.05) is 19.8 Å². The smallest absolute Gasteiger partial charge is 0.379 e. The normalized spacial score (nSPS) is 19.5. The van der Waals surface area contributed by atoms with Gasteiger partial charge in [0.2, 0.25) is 0 Å². The van der Waals surface area contributed by atoms with Gasteiger partial charge < -0.3 is 9.64 Å². The van der Waals surface area contributed by atoms with Crippen molar-refractivity contribution in [2.45, 2.75) is 44.8 Å². The number of carbonyl (C=O) groups is 1. The molecular weight excluding hydrogens is 317 g/mol. The maximum absolute atomic E-state index is 12.8. The van der Waals surface area contributed by atoms with Gasteiger partial charge in [0.25, 0.3) is 5.91 Å². The van der Waals surface area contributed by atoms with Crippen LogP contribution >= 0.6 is 11.3 Å². The molecular formula is C14H19F3N2O2S. The van der Waals surface area contributed by atoms with E-state index in [2.05, 4.69) is 4.98 Å². The highest BCUT2D eigenvalue weighted by Crippen LogP contribution is 2.27. The second-order valence-electron chi connectivity index (χ2n) is 5.64. The van der Waals surface area contributed by atoms with Crippen molar-refractivity contribution in [1.29, 1.82) is 0 Å². The van der Waals surface area contributed by atoms with Crippen molar-refractivity contribution in [2.24, 2.45) is 0 Å². The van der Waals surface area contributed by atoms with Gasteiger partial charge >= 0.3 is 6.18 Å². The predicted molar refractivity (Wildman–Crippen MR) is 77.1 cm³/mol. The molecule has 2 heterocycles. The summed E-state index contributed by atoms with van der Waals surface area (Å²) in [5.74, 6) is -0.474. The van der Waals surface area contributed by atoms with Crippen molar-refractivity contribution in [3.8, 4) is 0 Å². The highest BCUT2D eigenvalue weighted by Gasteiger charge is 2.38. The number of hydrogen-bond acceptors (Lipinski definition) is 4. The van der Waals surface area contributed by atoms with Crippen molar-refractivity contribution in [3.63, 3.8) is 0 Å². The van der Waals surface area contributed by atoms with Crippen LogP contribution < -0.4 is 0 Å². The summed E-state index contributed by atoms with van der Waals surface area (Å²) in [7, 11) is 0. The number of rotatable bonds is 4. The Balaban J connectivity index is 2.20. The Kier molecular flexibility index (Phi) is 5.44. The molecule has 1 aromatic rings. The van der Waals surface area contributed by atoms with E-state index >= 15 is 0 Å². The molecule has 1 aliphatic heterocycles. The minimum atomic E-state index is -4.43. The minimum Gasteiger partial charge on any atom is -0.379 e. The van der Waals surface area contributed by atoms with Gasteiger partial charge in [-0.15, -0.1) is 11.3 Å². The van der Waals surface area contributed by atoms with Gasteiger partial charge in [-0.05, 0) is 12.8 Å². The van der Waals surface area contributed by atoms with Gasteiger partial charge in [0.05, 0.1) is 23.9 Å². The molecule has 22 heavy (non-hydrogen) atoms. The van der Waals surface area contributed by atoms with E-state index < -0.39 is 24.7 Å². The first-order valence-corrected chi connectivity index (χ1v) is 8.01. The van der Waals surface area contributed by atoms with E-state index in [1.165, 1.54) is 6.20 Å². The van der Waals surface area contributed by atoms with Crippen LogP contribution in [0.15, 0.2) is 6.20 Å². The number of carbonyl (C=O) groups excluding carboxylic acids is 1. The van der Waals surface area contributed by atoms with E-state index in [4.69, 9.17) is 4.74 Å². The van der Waals surface area contributed by atoms with Crippen LogP contribution in [0.4, 0.5) is 13.2 Å². The second kappa shape index (κ2) is 6.95. The zero-order chi connectivity index (χ0) is 16.3. The molecule has 1 atom stereocenters. The Morgan fingerprint density at radius 1 is 1.55 bits per heavy atom. The number of nitrogens with zero attached hydrogens (tertiary/aromatic N) is 2. The molecule has 0 spiro atoms. The first kappa shape index (κ1) is 17.2. The van der Waals surface area contributed by atoms with Gasteiger partial charge in [-0.1, -0.05) is 13.8 Å². The van der Waals surface area contributed by atoms with E-state index in [9.17, 15) is 18.0 Å². The third kappa shape index (κ3) is 4.42. The van der Waals surface area contributed by atoms with Crippen molar-refractivity contribution < 1.29 is 22.7 Å². The summed E-state index contributed by atoms with van der Waals surface area (Å²) >= 11 is 1.16. The summed E-state index contributed by atoms with van der Waals surface area (Å²) in [6, 6.07) is -0.535. The fraction of sp³-hybridized carbons (Fsp3) is 0.714.